The zero-order chi connectivity index (χ0) is 17.4. The molecule has 1 aromatic heterocycles. The molecule has 2 amide bonds. The van der Waals surface area contributed by atoms with Crippen molar-refractivity contribution in [2.45, 2.75) is 45.6 Å². The maximum absolute atomic E-state index is 12.0. The number of nitrogens with zero attached hydrogens (tertiary/aromatic N) is 1. The number of aromatic nitrogens is 1. The van der Waals surface area contributed by atoms with Crippen molar-refractivity contribution < 1.29 is 14.1 Å². The zero-order valence-corrected chi connectivity index (χ0v) is 14.0. The molecule has 1 atom stereocenters. The van der Waals surface area contributed by atoms with Crippen molar-refractivity contribution in [1.29, 1.82) is 0 Å². The normalized spacial score (nSPS) is 11.8. The SMILES string of the molecule is Cc1cc(NC(=O)[C@@H](C)NC(=O)CCCCc2ccccc2)no1. The largest absolute Gasteiger partial charge is 0.360 e. The number of anilines is 1. The molecule has 128 valence electrons. The highest BCUT2D eigenvalue weighted by atomic mass is 16.5. The molecule has 1 aromatic carbocycles. The number of aryl methyl sites for hydroxylation is 2. The van der Waals surface area contributed by atoms with Crippen LogP contribution in [0.3, 0.4) is 0 Å². The van der Waals surface area contributed by atoms with Gasteiger partial charge in [-0.1, -0.05) is 35.5 Å². The Kier molecular flexibility index (Phi) is 6.54. The van der Waals surface area contributed by atoms with Crippen LogP contribution in [0.2, 0.25) is 0 Å². The van der Waals surface area contributed by atoms with Crippen LogP contribution in [0, 0.1) is 6.92 Å². The van der Waals surface area contributed by atoms with Crippen LogP contribution in [0.4, 0.5) is 5.82 Å². The van der Waals surface area contributed by atoms with Crippen LogP contribution in [0.5, 0.6) is 0 Å². The highest BCUT2D eigenvalue weighted by Crippen LogP contribution is 2.08. The molecule has 2 N–H and O–H groups in total. The Hall–Kier alpha value is -2.63. The van der Waals surface area contributed by atoms with E-state index in [1.54, 1.807) is 19.9 Å². The molecule has 0 saturated heterocycles. The molecule has 24 heavy (non-hydrogen) atoms. The number of unbranched alkanes of at least 4 members (excludes halogenated alkanes) is 1. The van der Waals surface area contributed by atoms with Crippen molar-refractivity contribution in [2.75, 3.05) is 5.32 Å². The van der Waals surface area contributed by atoms with Gasteiger partial charge in [0, 0.05) is 12.5 Å². The molecule has 6 nitrogen and oxygen atoms in total. The second-order valence-corrected chi connectivity index (χ2v) is 5.79. The van der Waals surface area contributed by atoms with E-state index in [0.29, 0.717) is 18.0 Å². The summed E-state index contributed by atoms with van der Waals surface area (Å²) in [7, 11) is 0. The Morgan fingerprint density at radius 1 is 1.21 bits per heavy atom. The van der Waals surface area contributed by atoms with Crippen LogP contribution in [-0.2, 0) is 16.0 Å². The number of carbonyl (C=O) groups excluding carboxylic acids is 2. The predicted octanol–water partition coefficient (Wildman–Crippen LogP) is 2.84. The van der Waals surface area contributed by atoms with Crippen molar-refractivity contribution in [3.8, 4) is 0 Å². The number of benzene rings is 1. The minimum atomic E-state index is -0.622. The molecular weight excluding hydrogens is 306 g/mol. The first-order valence-electron chi connectivity index (χ1n) is 8.12. The lowest BCUT2D eigenvalue weighted by atomic mass is 10.1. The Labute approximate surface area is 141 Å². The average Bonchev–Trinajstić information content (AvgIpc) is 2.97. The van der Waals surface area contributed by atoms with Gasteiger partial charge in [0.1, 0.15) is 11.8 Å². The Morgan fingerprint density at radius 2 is 1.96 bits per heavy atom. The molecule has 0 bridgehead atoms. The lowest BCUT2D eigenvalue weighted by Gasteiger charge is -2.12. The van der Waals surface area contributed by atoms with Crippen LogP contribution in [0.25, 0.3) is 0 Å². The molecule has 2 aromatic rings. The molecule has 0 radical (unpaired) electrons. The van der Waals surface area contributed by atoms with Gasteiger partial charge in [-0.2, -0.15) is 0 Å². The third-order valence-electron chi connectivity index (χ3n) is 3.61. The van der Waals surface area contributed by atoms with Gasteiger partial charge in [-0.25, -0.2) is 0 Å². The van der Waals surface area contributed by atoms with Crippen LogP contribution in [0.1, 0.15) is 37.5 Å². The summed E-state index contributed by atoms with van der Waals surface area (Å²) in [5, 5.41) is 8.98. The summed E-state index contributed by atoms with van der Waals surface area (Å²) in [4.78, 5) is 23.9. The number of hydrogen-bond acceptors (Lipinski definition) is 4. The van der Waals surface area contributed by atoms with E-state index in [4.69, 9.17) is 4.52 Å². The van der Waals surface area contributed by atoms with Crippen molar-refractivity contribution in [2.24, 2.45) is 0 Å². The van der Waals surface area contributed by atoms with Crippen molar-refractivity contribution in [1.82, 2.24) is 10.5 Å². The van der Waals surface area contributed by atoms with Gasteiger partial charge in [-0.15, -0.1) is 0 Å². The summed E-state index contributed by atoms with van der Waals surface area (Å²) in [6, 6.07) is 11.2. The lowest BCUT2D eigenvalue weighted by Crippen LogP contribution is -2.41. The molecule has 2 rings (SSSR count). The van der Waals surface area contributed by atoms with Gasteiger partial charge in [0.05, 0.1) is 0 Å². The topological polar surface area (TPSA) is 84.2 Å². The minimum absolute atomic E-state index is 0.123. The van der Waals surface area contributed by atoms with Crippen LogP contribution in [-0.4, -0.2) is 23.0 Å². The summed E-state index contributed by atoms with van der Waals surface area (Å²) >= 11 is 0. The Morgan fingerprint density at radius 3 is 2.62 bits per heavy atom. The molecule has 0 aliphatic carbocycles. The monoisotopic (exact) mass is 329 g/mol. The third-order valence-corrected chi connectivity index (χ3v) is 3.61. The summed E-state index contributed by atoms with van der Waals surface area (Å²) in [5.74, 6) is 0.518. The second-order valence-electron chi connectivity index (χ2n) is 5.79. The van der Waals surface area contributed by atoms with E-state index in [1.165, 1.54) is 5.56 Å². The first-order valence-corrected chi connectivity index (χ1v) is 8.12. The van der Waals surface area contributed by atoms with Gasteiger partial charge >= 0.3 is 0 Å². The minimum Gasteiger partial charge on any atom is -0.360 e. The molecule has 0 aliphatic heterocycles. The van der Waals surface area contributed by atoms with Crippen molar-refractivity contribution in [3.63, 3.8) is 0 Å². The van der Waals surface area contributed by atoms with Crippen LogP contribution >= 0.6 is 0 Å². The van der Waals surface area contributed by atoms with E-state index in [2.05, 4.69) is 27.9 Å². The summed E-state index contributed by atoms with van der Waals surface area (Å²) in [6.45, 7) is 3.38. The van der Waals surface area contributed by atoms with Gasteiger partial charge < -0.3 is 15.2 Å². The second kappa shape index (κ2) is 8.86. The highest BCUT2D eigenvalue weighted by molar-refractivity contribution is 5.96. The molecular formula is C18H23N3O3. The molecule has 0 spiro atoms. The van der Waals surface area contributed by atoms with E-state index in [-0.39, 0.29) is 11.8 Å². The first-order chi connectivity index (χ1) is 11.5. The number of amides is 2. The van der Waals surface area contributed by atoms with Crippen molar-refractivity contribution >= 4 is 17.6 Å². The fourth-order valence-electron chi connectivity index (χ4n) is 2.30. The quantitative estimate of drug-likeness (QED) is 0.729. The third kappa shape index (κ3) is 5.87. The number of hydrogen-bond donors (Lipinski definition) is 2. The van der Waals surface area contributed by atoms with E-state index in [1.807, 2.05) is 18.2 Å². The first kappa shape index (κ1) is 17.7. The predicted molar refractivity (Wildman–Crippen MR) is 91.5 cm³/mol. The molecule has 0 aliphatic rings. The molecule has 0 fully saturated rings. The van der Waals surface area contributed by atoms with Gasteiger partial charge in [0.2, 0.25) is 11.8 Å². The summed E-state index contributed by atoms with van der Waals surface area (Å²) in [5.41, 5.74) is 1.27. The Balaban J connectivity index is 1.64. The summed E-state index contributed by atoms with van der Waals surface area (Å²) in [6.07, 6.45) is 3.09. The lowest BCUT2D eigenvalue weighted by molar-refractivity contribution is -0.126. The van der Waals surface area contributed by atoms with Crippen LogP contribution < -0.4 is 10.6 Å². The van der Waals surface area contributed by atoms with Gasteiger partial charge in [0.25, 0.3) is 0 Å². The number of rotatable bonds is 8. The smallest absolute Gasteiger partial charge is 0.247 e. The number of nitrogens with one attached hydrogen (secondary N) is 2. The van der Waals surface area contributed by atoms with Gasteiger partial charge in [0.15, 0.2) is 5.82 Å². The molecule has 0 unspecified atom stereocenters. The average molecular weight is 329 g/mol. The van der Waals surface area contributed by atoms with Crippen molar-refractivity contribution in [3.05, 3.63) is 47.7 Å². The zero-order valence-electron chi connectivity index (χ0n) is 14.0. The van der Waals surface area contributed by atoms with Gasteiger partial charge in [-0.05, 0) is 38.7 Å². The maximum atomic E-state index is 12.0. The maximum Gasteiger partial charge on any atom is 0.247 e. The highest BCUT2D eigenvalue weighted by Gasteiger charge is 2.16. The van der Waals surface area contributed by atoms with Crippen LogP contribution in [0.15, 0.2) is 40.9 Å². The Bertz CT molecular complexity index is 667. The number of carbonyl (C=O) groups is 2. The van der Waals surface area contributed by atoms with E-state index in [9.17, 15) is 9.59 Å². The standard InChI is InChI=1S/C18H23N3O3/c1-13-12-16(21-24-13)20-18(23)14(2)19-17(22)11-7-6-10-15-8-4-3-5-9-15/h3-5,8-9,12,14H,6-7,10-11H2,1-2H3,(H,19,22)(H,20,21,23)/t14-/m1/s1. The fraction of sp³-hybridized carbons (Fsp3) is 0.389. The summed E-state index contributed by atoms with van der Waals surface area (Å²) < 4.78 is 4.88. The molecule has 6 heteroatoms. The van der Waals surface area contributed by atoms with E-state index >= 15 is 0 Å². The van der Waals surface area contributed by atoms with E-state index in [0.717, 1.165) is 19.3 Å². The van der Waals surface area contributed by atoms with E-state index < -0.39 is 6.04 Å². The van der Waals surface area contributed by atoms with Gasteiger partial charge in [-0.3, -0.25) is 9.59 Å². The fourth-order valence-corrected chi connectivity index (χ4v) is 2.30. The molecule has 1 heterocycles. The molecule has 0 saturated carbocycles.